The standard InChI is InChI=1S/C13H25N3O2.ClH/c1-4-7-15-11(17)10-6-5-8-16(9-10)12(18)13(2,3)14;/h10H,4-9,14H2,1-3H3,(H,15,17);1H. The van der Waals surface area contributed by atoms with Crippen LogP contribution in [0.1, 0.15) is 40.0 Å². The predicted octanol–water partition coefficient (Wildman–Crippen LogP) is 0.910. The van der Waals surface area contributed by atoms with Crippen molar-refractivity contribution in [2.24, 2.45) is 11.7 Å². The highest BCUT2D eigenvalue weighted by atomic mass is 35.5. The van der Waals surface area contributed by atoms with E-state index in [0.717, 1.165) is 19.3 Å². The van der Waals surface area contributed by atoms with Crippen LogP contribution in [0.25, 0.3) is 0 Å². The third-order valence-electron chi connectivity index (χ3n) is 3.18. The lowest BCUT2D eigenvalue weighted by molar-refractivity contribution is -0.139. The van der Waals surface area contributed by atoms with Crippen molar-refractivity contribution in [3.05, 3.63) is 0 Å². The van der Waals surface area contributed by atoms with Gasteiger partial charge in [0.15, 0.2) is 0 Å². The molecule has 0 spiro atoms. The number of piperidine rings is 1. The fourth-order valence-corrected chi connectivity index (χ4v) is 2.18. The number of rotatable bonds is 4. The van der Waals surface area contributed by atoms with Gasteiger partial charge in [-0.1, -0.05) is 6.92 Å². The van der Waals surface area contributed by atoms with E-state index in [9.17, 15) is 9.59 Å². The van der Waals surface area contributed by atoms with Gasteiger partial charge in [0.2, 0.25) is 11.8 Å². The van der Waals surface area contributed by atoms with E-state index in [1.807, 2.05) is 6.92 Å². The number of likely N-dealkylation sites (tertiary alicyclic amines) is 1. The highest BCUT2D eigenvalue weighted by Crippen LogP contribution is 2.19. The molecule has 0 aromatic heterocycles. The number of nitrogens with one attached hydrogen (secondary N) is 1. The van der Waals surface area contributed by atoms with Crippen LogP contribution in [-0.4, -0.2) is 41.9 Å². The fraction of sp³-hybridized carbons (Fsp3) is 0.846. The van der Waals surface area contributed by atoms with Gasteiger partial charge < -0.3 is 16.0 Å². The summed E-state index contributed by atoms with van der Waals surface area (Å²) in [7, 11) is 0. The fourth-order valence-electron chi connectivity index (χ4n) is 2.18. The van der Waals surface area contributed by atoms with Crippen LogP contribution in [0, 0.1) is 5.92 Å². The van der Waals surface area contributed by atoms with Crippen molar-refractivity contribution in [3.8, 4) is 0 Å². The first kappa shape index (κ1) is 18.2. The maximum absolute atomic E-state index is 12.1. The number of hydrogen-bond donors (Lipinski definition) is 2. The molecular weight excluding hydrogens is 266 g/mol. The van der Waals surface area contributed by atoms with Gasteiger partial charge in [-0.15, -0.1) is 12.4 Å². The lowest BCUT2D eigenvalue weighted by atomic mass is 9.95. The van der Waals surface area contributed by atoms with Crippen LogP contribution in [0.15, 0.2) is 0 Å². The molecule has 0 aliphatic carbocycles. The lowest BCUT2D eigenvalue weighted by Gasteiger charge is -2.35. The molecule has 1 aliphatic rings. The molecule has 0 aromatic carbocycles. The van der Waals surface area contributed by atoms with Gasteiger partial charge in [-0.25, -0.2) is 0 Å². The Morgan fingerprint density at radius 2 is 2.05 bits per heavy atom. The second kappa shape index (κ2) is 7.70. The molecule has 112 valence electrons. The Morgan fingerprint density at radius 3 is 2.58 bits per heavy atom. The first-order chi connectivity index (χ1) is 8.36. The first-order valence-corrected chi connectivity index (χ1v) is 6.72. The molecule has 0 saturated carbocycles. The van der Waals surface area contributed by atoms with Crippen molar-refractivity contribution in [1.29, 1.82) is 0 Å². The van der Waals surface area contributed by atoms with Crippen molar-refractivity contribution < 1.29 is 9.59 Å². The number of carbonyl (C=O) groups excluding carboxylic acids is 2. The summed E-state index contributed by atoms with van der Waals surface area (Å²) in [5, 5.41) is 2.89. The number of nitrogens with two attached hydrogens (primary N) is 1. The molecule has 6 heteroatoms. The van der Waals surface area contributed by atoms with Crippen LogP contribution >= 0.6 is 12.4 Å². The largest absolute Gasteiger partial charge is 0.356 e. The van der Waals surface area contributed by atoms with Gasteiger partial charge >= 0.3 is 0 Å². The summed E-state index contributed by atoms with van der Waals surface area (Å²) in [5.41, 5.74) is 4.96. The van der Waals surface area contributed by atoms with Crippen molar-refractivity contribution in [3.63, 3.8) is 0 Å². The third kappa shape index (κ3) is 5.37. The Hall–Kier alpha value is -0.810. The smallest absolute Gasteiger partial charge is 0.242 e. The topological polar surface area (TPSA) is 75.4 Å². The molecule has 19 heavy (non-hydrogen) atoms. The van der Waals surface area contributed by atoms with E-state index in [1.54, 1.807) is 18.7 Å². The number of hydrogen-bond acceptors (Lipinski definition) is 3. The zero-order valence-electron chi connectivity index (χ0n) is 12.1. The summed E-state index contributed by atoms with van der Waals surface area (Å²) < 4.78 is 0. The van der Waals surface area contributed by atoms with E-state index in [1.165, 1.54) is 0 Å². The van der Waals surface area contributed by atoms with E-state index >= 15 is 0 Å². The van der Waals surface area contributed by atoms with E-state index in [4.69, 9.17) is 5.73 Å². The van der Waals surface area contributed by atoms with Crippen LogP contribution in [0.2, 0.25) is 0 Å². The Morgan fingerprint density at radius 1 is 1.42 bits per heavy atom. The molecular formula is C13H26ClN3O2. The number of carbonyl (C=O) groups is 2. The summed E-state index contributed by atoms with van der Waals surface area (Å²) in [6, 6.07) is 0. The summed E-state index contributed by atoms with van der Waals surface area (Å²) in [5.74, 6) is -0.101. The van der Waals surface area contributed by atoms with Gasteiger partial charge in [-0.05, 0) is 33.1 Å². The third-order valence-corrected chi connectivity index (χ3v) is 3.18. The number of nitrogens with zero attached hydrogens (tertiary/aromatic N) is 1. The SMILES string of the molecule is CCCNC(=O)C1CCCN(C(=O)C(C)(C)N)C1.Cl. The molecule has 3 N–H and O–H groups in total. The van der Waals surface area contributed by atoms with Crippen molar-refractivity contribution >= 4 is 24.2 Å². The van der Waals surface area contributed by atoms with Crippen LogP contribution in [0.3, 0.4) is 0 Å². The average molecular weight is 292 g/mol. The molecule has 1 heterocycles. The van der Waals surface area contributed by atoms with E-state index in [0.29, 0.717) is 19.6 Å². The quantitative estimate of drug-likeness (QED) is 0.808. The number of amides is 2. The first-order valence-electron chi connectivity index (χ1n) is 6.72. The second-order valence-electron chi connectivity index (χ2n) is 5.60. The molecule has 5 nitrogen and oxygen atoms in total. The van der Waals surface area contributed by atoms with Crippen molar-refractivity contribution in [2.45, 2.75) is 45.6 Å². The number of halogens is 1. The van der Waals surface area contributed by atoms with E-state index in [2.05, 4.69) is 5.32 Å². The van der Waals surface area contributed by atoms with Gasteiger partial charge in [-0.3, -0.25) is 9.59 Å². The summed E-state index contributed by atoms with van der Waals surface area (Å²) in [6.45, 7) is 7.33. The minimum Gasteiger partial charge on any atom is -0.356 e. The highest BCUT2D eigenvalue weighted by molar-refractivity contribution is 5.86. The van der Waals surface area contributed by atoms with Crippen LogP contribution in [0.5, 0.6) is 0 Å². The Bertz CT molecular complexity index is 316. The Kier molecular flexibility index (Phi) is 7.37. The molecule has 0 radical (unpaired) electrons. The summed E-state index contributed by atoms with van der Waals surface area (Å²) >= 11 is 0. The molecule has 1 unspecified atom stereocenters. The Labute approximate surface area is 121 Å². The van der Waals surface area contributed by atoms with Crippen molar-refractivity contribution in [1.82, 2.24) is 10.2 Å². The van der Waals surface area contributed by atoms with Gasteiger partial charge in [0.25, 0.3) is 0 Å². The van der Waals surface area contributed by atoms with Crippen LogP contribution < -0.4 is 11.1 Å². The lowest BCUT2D eigenvalue weighted by Crippen LogP contribution is -2.55. The molecule has 0 aromatic rings. The normalized spacial score (nSPS) is 19.6. The molecule has 1 aliphatic heterocycles. The molecule has 1 fully saturated rings. The van der Waals surface area contributed by atoms with Crippen molar-refractivity contribution in [2.75, 3.05) is 19.6 Å². The highest BCUT2D eigenvalue weighted by Gasteiger charge is 2.33. The average Bonchev–Trinajstić information content (AvgIpc) is 2.34. The molecule has 0 bridgehead atoms. The predicted molar refractivity (Wildman–Crippen MR) is 78.1 cm³/mol. The molecule has 1 rings (SSSR count). The second-order valence-corrected chi connectivity index (χ2v) is 5.60. The maximum atomic E-state index is 12.1. The Balaban J connectivity index is 0.00000324. The zero-order chi connectivity index (χ0) is 13.8. The summed E-state index contributed by atoms with van der Waals surface area (Å²) in [6.07, 6.45) is 2.65. The van der Waals surface area contributed by atoms with Gasteiger partial charge in [0.1, 0.15) is 0 Å². The van der Waals surface area contributed by atoms with Crippen LogP contribution in [-0.2, 0) is 9.59 Å². The van der Waals surface area contributed by atoms with Gasteiger partial charge in [0.05, 0.1) is 11.5 Å². The molecule has 2 amide bonds. The maximum Gasteiger partial charge on any atom is 0.242 e. The zero-order valence-corrected chi connectivity index (χ0v) is 12.9. The van der Waals surface area contributed by atoms with E-state index < -0.39 is 5.54 Å². The minimum absolute atomic E-state index is 0. The van der Waals surface area contributed by atoms with Gasteiger partial charge in [-0.2, -0.15) is 0 Å². The summed E-state index contributed by atoms with van der Waals surface area (Å²) in [4.78, 5) is 25.7. The van der Waals surface area contributed by atoms with Crippen LogP contribution in [0.4, 0.5) is 0 Å². The van der Waals surface area contributed by atoms with E-state index in [-0.39, 0.29) is 30.1 Å². The minimum atomic E-state index is -0.859. The molecule has 1 atom stereocenters. The molecule has 1 saturated heterocycles. The monoisotopic (exact) mass is 291 g/mol. The van der Waals surface area contributed by atoms with Gasteiger partial charge in [0, 0.05) is 19.6 Å².